The van der Waals surface area contributed by atoms with Gasteiger partial charge in [0.15, 0.2) is 0 Å². The van der Waals surface area contributed by atoms with Crippen LogP contribution in [0.5, 0.6) is 0 Å². The first-order chi connectivity index (χ1) is 9.81. The van der Waals surface area contributed by atoms with Crippen molar-refractivity contribution in [2.45, 2.75) is 36.8 Å². The smallest absolute Gasteiger partial charge is 0.334 e. The number of hydrogen-bond acceptors (Lipinski definition) is 5. The minimum atomic E-state index is -1.56. The van der Waals surface area contributed by atoms with Crippen molar-refractivity contribution in [3.05, 3.63) is 24.3 Å². The van der Waals surface area contributed by atoms with Gasteiger partial charge in [-0.3, -0.25) is 0 Å². The highest BCUT2D eigenvalue weighted by Crippen LogP contribution is 2.54. The van der Waals surface area contributed by atoms with E-state index >= 15 is 0 Å². The Morgan fingerprint density at radius 2 is 2.05 bits per heavy atom. The Hall–Kier alpha value is -0.880. The van der Waals surface area contributed by atoms with E-state index in [0.717, 1.165) is 5.57 Å². The van der Waals surface area contributed by atoms with Crippen molar-refractivity contribution in [1.82, 2.24) is 0 Å². The van der Waals surface area contributed by atoms with E-state index in [-0.39, 0.29) is 17.4 Å². The molecule has 0 aromatic rings. The van der Waals surface area contributed by atoms with Crippen molar-refractivity contribution in [2.75, 3.05) is 5.88 Å². The van der Waals surface area contributed by atoms with Crippen LogP contribution in [-0.2, 0) is 9.53 Å². The highest BCUT2D eigenvalue weighted by atomic mass is 35.5. The fourth-order valence-electron chi connectivity index (χ4n) is 4.18. The molecule has 0 aromatic carbocycles. The van der Waals surface area contributed by atoms with Crippen LogP contribution in [0.1, 0.15) is 12.8 Å². The zero-order valence-electron chi connectivity index (χ0n) is 11.5. The molecule has 3 aliphatic rings. The van der Waals surface area contributed by atoms with E-state index < -0.39 is 41.7 Å². The first kappa shape index (κ1) is 15.0. The molecule has 5 nitrogen and oxygen atoms in total. The molecule has 0 aromatic heterocycles. The second-order valence-corrected chi connectivity index (χ2v) is 6.63. The van der Waals surface area contributed by atoms with Gasteiger partial charge in [-0.2, -0.15) is 0 Å². The van der Waals surface area contributed by atoms with Gasteiger partial charge in [-0.1, -0.05) is 18.7 Å². The Labute approximate surface area is 127 Å². The molecule has 2 saturated carbocycles. The molecule has 2 aliphatic carbocycles. The molecule has 21 heavy (non-hydrogen) atoms. The third-order valence-electron chi connectivity index (χ3n) is 5.30. The first-order valence-electron chi connectivity index (χ1n) is 7.03. The van der Waals surface area contributed by atoms with Crippen LogP contribution in [0.15, 0.2) is 24.3 Å². The highest BCUT2D eigenvalue weighted by Gasteiger charge is 2.63. The molecule has 0 radical (unpaired) electrons. The summed E-state index contributed by atoms with van der Waals surface area (Å²) >= 11 is 5.90. The lowest BCUT2D eigenvalue weighted by Crippen LogP contribution is -2.52. The lowest BCUT2D eigenvalue weighted by Gasteiger charge is -2.36. The minimum Gasteiger partial charge on any atom is -0.458 e. The van der Waals surface area contributed by atoms with E-state index in [1.807, 2.05) is 0 Å². The molecular formula is C15H19ClO5. The Bertz CT molecular complexity index is 518. The number of rotatable bonds is 1. The van der Waals surface area contributed by atoms with Crippen molar-refractivity contribution < 1.29 is 24.9 Å². The quantitative estimate of drug-likeness (QED) is 0.282. The summed E-state index contributed by atoms with van der Waals surface area (Å²) in [5.74, 6) is -2.15. The molecule has 0 spiro atoms. The van der Waals surface area contributed by atoms with Crippen LogP contribution >= 0.6 is 11.6 Å². The maximum absolute atomic E-state index is 11.8. The predicted octanol–water partition coefficient (Wildman–Crippen LogP) is 0.372. The lowest BCUT2D eigenvalue weighted by molar-refractivity contribution is -0.151. The van der Waals surface area contributed by atoms with Gasteiger partial charge in [-0.25, -0.2) is 4.79 Å². The predicted molar refractivity (Wildman–Crippen MR) is 75.5 cm³/mol. The number of aliphatic hydroxyl groups is 3. The average Bonchev–Trinajstić information content (AvgIpc) is 2.82. The summed E-state index contributed by atoms with van der Waals surface area (Å²) in [6, 6.07) is 0. The number of aliphatic hydroxyl groups excluding tert-OH is 2. The van der Waals surface area contributed by atoms with Gasteiger partial charge in [0.1, 0.15) is 11.7 Å². The number of fused-ring (bicyclic) bond motifs is 3. The summed E-state index contributed by atoms with van der Waals surface area (Å²) in [4.78, 5) is 11.8. The van der Waals surface area contributed by atoms with Crippen molar-refractivity contribution in [3.8, 4) is 0 Å². The fraction of sp³-hybridized carbons (Fsp3) is 0.667. The maximum Gasteiger partial charge on any atom is 0.334 e. The van der Waals surface area contributed by atoms with Crippen LogP contribution < -0.4 is 0 Å². The van der Waals surface area contributed by atoms with E-state index in [2.05, 4.69) is 13.2 Å². The van der Waals surface area contributed by atoms with Crippen LogP contribution in [0.2, 0.25) is 0 Å². The maximum atomic E-state index is 11.8. The van der Waals surface area contributed by atoms with Gasteiger partial charge in [0.25, 0.3) is 0 Å². The largest absolute Gasteiger partial charge is 0.458 e. The van der Waals surface area contributed by atoms with Gasteiger partial charge in [0.05, 0.1) is 24.0 Å². The SMILES string of the molecule is C=C1CC(O)C2C(=C)C(=O)OC2C2C1CC(O)C2(O)CCl. The molecule has 1 aliphatic heterocycles. The van der Waals surface area contributed by atoms with Gasteiger partial charge in [-0.05, 0) is 18.8 Å². The van der Waals surface area contributed by atoms with Gasteiger partial charge in [-0.15, -0.1) is 11.6 Å². The van der Waals surface area contributed by atoms with Crippen molar-refractivity contribution in [1.29, 1.82) is 0 Å². The summed E-state index contributed by atoms with van der Waals surface area (Å²) in [5.41, 5.74) is -0.613. The third-order valence-corrected chi connectivity index (χ3v) is 5.73. The summed E-state index contributed by atoms with van der Waals surface area (Å²) in [7, 11) is 0. The molecule has 3 rings (SSSR count). The van der Waals surface area contributed by atoms with Gasteiger partial charge >= 0.3 is 5.97 Å². The topological polar surface area (TPSA) is 87.0 Å². The lowest BCUT2D eigenvalue weighted by atomic mass is 9.76. The number of carbonyl (C=O) groups is 1. The average molecular weight is 315 g/mol. The Morgan fingerprint density at radius 3 is 2.67 bits per heavy atom. The molecular weight excluding hydrogens is 296 g/mol. The Kier molecular flexibility index (Phi) is 3.44. The van der Waals surface area contributed by atoms with E-state index in [0.29, 0.717) is 12.8 Å². The summed E-state index contributed by atoms with van der Waals surface area (Å²) in [6.07, 6.45) is -1.98. The molecule has 0 amide bonds. The van der Waals surface area contributed by atoms with E-state index in [4.69, 9.17) is 16.3 Å². The second-order valence-electron chi connectivity index (χ2n) is 6.36. The van der Waals surface area contributed by atoms with Crippen LogP contribution in [0.4, 0.5) is 0 Å². The normalized spacial score (nSPS) is 49.6. The molecule has 7 unspecified atom stereocenters. The minimum absolute atomic E-state index is 0.175. The van der Waals surface area contributed by atoms with Crippen molar-refractivity contribution in [3.63, 3.8) is 0 Å². The van der Waals surface area contributed by atoms with Crippen molar-refractivity contribution >= 4 is 17.6 Å². The van der Waals surface area contributed by atoms with Crippen LogP contribution in [0.25, 0.3) is 0 Å². The fourth-order valence-corrected chi connectivity index (χ4v) is 4.53. The molecule has 6 heteroatoms. The zero-order valence-corrected chi connectivity index (χ0v) is 12.3. The molecule has 7 atom stereocenters. The molecule has 1 saturated heterocycles. The molecule has 0 bridgehead atoms. The number of hydrogen-bond donors (Lipinski definition) is 3. The summed E-state index contributed by atoms with van der Waals surface area (Å²) in [5, 5.41) is 31.3. The summed E-state index contributed by atoms with van der Waals surface area (Å²) in [6.45, 7) is 7.68. The van der Waals surface area contributed by atoms with Crippen molar-refractivity contribution in [2.24, 2.45) is 17.8 Å². The zero-order chi connectivity index (χ0) is 15.5. The van der Waals surface area contributed by atoms with Crippen LogP contribution in [-0.4, -0.2) is 51.1 Å². The second kappa shape index (κ2) is 4.81. The monoisotopic (exact) mass is 314 g/mol. The molecule has 3 N–H and O–H groups in total. The van der Waals surface area contributed by atoms with Gasteiger partial charge in [0, 0.05) is 11.5 Å². The van der Waals surface area contributed by atoms with E-state index in [1.54, 1.807) is 0 Å². The number of halogens is 1. The first-order valence-corrected chi connectivity index (χ1v) is 7.56. The molecule has 3 fully saturated rings. The Balaban J connectivity index is 2.09. The standard InChI is InChI=1S/C15H19ClO5/c1-6-3-9(17)11-7(2)14(19)21-13(11)12-8(6)4-10(18)15(12,20)5-16/h8-13,17-18,20H,1-5H2. The van der Waals surface area contributed by atoms with Gasteiger partial charge < -0.3 is 20.1 Å². The molecule has 116 valence electrons. The van der Waals surface area contributed by atoms with Gasteiger partial charge in [0.2, 0.25) is 0 Å². The summed E-state index contributed by atoms with van der Waals surface area (Å²) < 4.78 is 5.37. The molecule has 1 heterocycles. The van der Waals surface area contributed by atoms with Crippen LogP contribution in [0.3, 0.4) is 0 Å². The number of alkyl halides is 1. The van der Waals surface area contributed by atoms with E-state index in [9.17, 15) is 20.1 Å². The van der Waals surface area contributed by atoms with E-state index in [1.165, 1.54) is 0 Å². The number of ether oxygens (including phenoxy) is 1. The highest BCUT2D eigenvalue weighted by molar-refractivity contribution is 6.18. The number of esters is 1. The third kappa shape index (κ3) is 1.91. The van der Waals surface area contributed by atoms with Crippen LogP contribution in [0, 0.1) is 17.8 Å². The Morgan fingerprint density at radius 1 is 1.38 bits per heavy atom. The number of carbonyl (C=O) groups excluding carboxylic acids is 1.